The Morgan fingerprint density at radius 2 is 1.52 bits per heavy atom. The van der Waals surface area contributed by atoms with Gasteiger partial charge in [0.1, 0.15) is 12.1 Å². The molecule has 5 heteroatoms. The minimum Gasteiger partial charge on any atom is -0.438 e. The van der Waals surface area contributed by atoms with Gasteiger partial charge in [-0.25, -0.2) is 14.5 Å². The van der Waals surface area contributed by atoms with E-state index in [1.807, 2.05) is 48.5 Å². The van der Waals surface area contributed by atoms with Crippen LogP contribution in [0.25, 0.3) is 27.8 Å². The molecule has 0 bridgehead atoms. The van der Waals surface area contributed by atoms with Crippen molar-refractivity contribution < 1.29 is 4.74 Å². The average Bonchev–Trinajstić information content (AvgIpc) is 3.33. The largest absolute Gasteiger partial charge is 0.438 e. The summed E-state index contributed by atoms with van der Waals surface area (Å²) in [6.45, 7) is 0. The number of nitrogens with zero attached hydrogens (tertiary/aromatic N) is 4. The van der Waals surface area contributed by atoms with Crippen LogP contribution in [0, 0.1) is 0 Å². The summed E-state index contributed by atoms with van der Waals surface area (Å²) < 4.78 is 8.23. The molecule has 4 aromatic carbocycles. The molecule has 1 aliphatic rings. The van der Waals surface area contributed by atoms with Crippen molar-refractivity contribution in [2.24, 2.45) is 0 Å². The van der Waals surface area contributed by atoms with E-state index in [1.54, 1.807) is 10.8 Å². The van der Waals surface area contributed by atoms with Crippen molar-refractivity contribution in [3.63, 3.8) is 0 Å². The van der Waals surface area contributed by atoms with Crippen LogP contribution in [0.2, 0.25) is 0 Å². The van der Waals surface area contributed by atoms with Crippen LogP contribution in [-0.4, -0.2) is 19.6 Å². The standard InChI is InChI=1S/C28H18N4O/c1-3-10-19(11-4-1)23-22-16-15-18-9-7-8-14-21(18)25(22)33-28-24(23)27-30-26(31-32(27)17-29-28)20-12-5-2-6-13-20/h1-17,23H/t23-/m1/s1. The number of benzene rings is 4. The van der Waals surface area contributed by atoms with E-state index >= 15 is 0 Å². The summed E-state index contributed by atoms with van der Waals surface area (Å²) in [6.07, 6.45) is 1.69. The Kier molecular flexibility index (Phi) is 3.84. The summed E-state index contributed by atoms with van der Waals surface area (Å²) in [5.74, 6) is 2.03. The molecular formula is C28H18N4O. The zero-order valence-corrected chi connectivity index (χ0v) is 17.6. The van der Waals surface area contributed by atoms with E-state index in [-0.39, 0.29) is 5.92 Å². The lowest BCUT2D eigenvalue weighted by Crippen LogP contribution is -2.15. The number of fused-ring (bicyclic) bond motifs is 6. The Balaban J connectivity index is 1.53. The van der Waals surface area contributed by atoms with Crippen LogP contribution < -0.4 is 4.74 Å². The van der Waals surface area contributed by atoms with E-state index in [4.69, 9.17) is 14.8 Å². The summed E-state index contributed by atoms with van der Waals surface area (Å²) in [5, 5.41) is 6.93. The maximum absolute atomic E-state index is 6.47. The van der Waals surface area contributed by atoms with Crippen molar-refractivity contribution in [3.05, 3.63) is 120 Å². The zero-order valence-electron chi connectivity index (χ0n) is 17.6. The second-order valence-corrected chi connectivity index (χ2v) is 8.18. The Hall–Kier alpha value is -4.51. The average molecular weight is 426 g/mol. The van der Waals surface area contributed by atoms with Gasteiger partial charge in [-0.2, -0.15) is 0 Å². The van der Waals surface area contributed by atoms with Crippen LogP contribution in [0.4, 0.5) is 0 Å². The summed E-state index contributed by atoms with van der Waals surface area (Å²) in [7, 11) is 0. The first kappa shape index (κ1) is 18.1. The number of hydrogen-bond acceptors (Lipinski definition) is 4. The topological polar surface area (TPSA) is 52.3 Å². The third-order valence-corrected chi connectivity index (χ3v) is 6.26. The number of rotatable bonds is 2. The molecule has 7 rings (SSSR count). The Morgan fingerprint density at radius 1 is 0.758 bits per heavy atom. The smallest absolute Gasteiger partial charge is 0.228 e. The fourth-order valence-corrected chi connectivity index (χ4v) is 4.75. The molecule has 2 aromatic heterocycles. The lowest BCUT2D eigenvalue weighted by atomic mass is 9.83. The number of ether oxygens (including phenoxy) is 1. The van der Waals surface area contributed by atoms with Gasteiger partial charge in [-0.05, 0) is 10.9 Å². The molecule has 1 aliphatic heterocycles. The van der Waals surface area contributed by atoms with Gasteiger partial charge in [0, 0.05) is 22.4 Å². The van der Waals surface area contributed by atoms with Crippen LogP contribution in [0.15, 0.2) is 103 Å². The van der Waals surface area contributed by atoms with Crippen LogP contribution in [0.5, 0.6) is 11.6 Å². The maximum Gasteiger partial charge on any atom is 0.228 e. The van der Waals surface area contributed by atoms with Crippen molar-refractivity contribution in [1.82, 2.24) is 19.6 Å². The first-order chi connectivity index (χ1) is 16.4. The molecule has 0 saturated heterocycles. The monoisotopic (exact) mass is 426 g/mol. The van der Waals surface area contributed by atoms with E-state index in [0.29, 0.717) is 11.7 Å². The molecule has 6 aromatic rings. The van der Waals surface area contributed by atoms with Gasteiger partial charge < -0.3 is 4.74 Å². The van der Waals surface area contributed by atoms with Gasteiger partial charge in [0.25, 0.3) is 0 Å². The van der Waals surface area contributed by atoms with Crippen molar-refractivity contribution in [2.45, 2.75) is 5.92 Å². The van der Waals surface area contributed by atoms with Crippen molar-refractivity contribution >= 4 is 16.4 Å². The van der Waals surface area contributed by atoms with E-state index in [9.17, 15) is 0 Å². The normalized spacial score (nSPS) is 14.6. The SMILES string of the molecule is c1ccc(-c2nc3c4c(ncn3n2)Oc2c(ccc3ccccc23)[C@H]4c2ccccc2)cc1. The first-order valence-electron chi connectivity index (χ1n) is 10.9. The van der Waals surface area contributed by atoms with Gasteiger partial charge in [0.15, 0.2) is 11.5 Å². The highest BCUT2D eigenvalue weighted by Gasteiger charge is 2.34. The zero-order chi connectivity index (χ0) is 21.8. The summed E-state index contributed by atoms with van der Waals surface area (Å²) >= 11 is 0. The van der Waals surface area contributed by atoms with E-state index < -0.39 is 0 Å². The lowest BCUT2D eigenvalue weighted by Gasteiger charge is -2.28. The van der Waals surface area contributed by atoms with Gasteiger partial charge in [-0.1, -0.05) is 97.1 Å². The Labute approximate surface area is 190 Å². The predicted molar refractivity (Wildman–Crippen MR) is 128 cm³/mol. The molecule has 0 spiro atoms. The molecule has 0 N–H and O–H groups in total. The predicted octanol–water partition coefficient (Wildman–Crippen LogP) is 6.23. The number of aromatic nitrogens is 4. The minimum atomic E-state index is -0.0708. The lowest BCUT2D eigenvalue weighted by molar-refractivity contribution is 0.437. The van der Waals surface area contributed by atoms with Crippen LogP contribution in [0.3, 0.4) is 0 Å². The quantitative estimate of drug-likeness (QED) is 0.329. The van der Waals surface area contributed by atoms with Gasteiger partial charge >= 0.3 is 0 Å². The molecule has 0 radical (unpaired) electrons. The molecule has 1 atom stereocenters. The first-order valence-corrected chi connectivity index (χ1v) is 10.9. The fraction of sp³-hybridized carbons (Fsp3) is 0.0357. The highest BCUT2D eigenvalue weighted by atomic mass is 16.5. The van der Waals surface area contributed by atoms with E-state index in [0.717, 1.165) is 44.4 Å². The minimum absolute atomic E-state index is 0.0708. The molecule has 0 saturated carbocycles. The van der Waals surface area contributed by atoms with E-state index in [1.165, 1.54) is 0 Å². The van der Waals surface area contributed by atoms with Crippen molar-refractivity contribution in [1.29, 1.82) is 0 Å². The molecule has 5 nitrogen and oxygen atoms in total. The van der Waals surface area contributed by atoms with Crippen LogP contribution >= 0.6 is 0 Å². The molecule has 33 heavy (non-hydrogen) atoms. The van der Waals surface area contributed by atoms with Gasteiger partial charge in [0.2, 0.25) is 5.88 Å². The molecular weight excluding hydrogens is 408 g/mol. The molecule has 3 heterocycles. The van der Waals surface area contributed by atoms with Crippen LogP contribution in [0.1, 0.15) is 22.6 Å². The second kappa shape index (κ2) is 7.00. The Bertz CT molecular complexity index is 1640. The van der Waals surface area contributed by atoms with Crippen molar-refractivity contribution in [2.75, 3.05) is 0 Å². The molecule has 0 amide bonds. The molecule has 0 aliphatic carbocycles. The van der Waals surface area contributed by atoms with Gasteiger partial charge in [0.05, 0.1) is 5.56 Å². The number of hydrogen-bond donors (Lipinski definition) is 0. The van der Waals surface area contributed by atoms with Crippen molar-refractivity contribution in [3.8, 4) is 23.0 Å². The summed E-state index contributed by atoms with van der Waals surface area (Å²) in [5.41, 5.74) is 4.92. The fourth-order valence-electron chi connectivity index (χ4n) is 4.75. The van der Waals surface area contributed by atoms with Gasteiger partial charge in [-0.15, -0.1) is 5.10 Å². The summed E-state index contributed by atoms with van der Waals surface area (Å²) in [6, 6.07) is 33.1. The maximum atomic E-state index is 6.47. The third kappa shape index (κ3) is 2.76. The molecule has 156 valence electrons. The highest BCUT2D eigenvalue weighted by Crippen LogP contribution is 2.50. The third-order valence-electron chi connectivity index (χ3n) is 6.26. The molecule has 0 unspecified atom stereocenters. The Morgan fingerprint density at radius 3 is 2.36 bits per heavy atom. The summed E-state index contributed by atoms with van der Waals surface area (Å²) in [4.78, 5) is 9.61. The molecule has 0 fully saturated rings. The van der Waals surface area contributed by atoms with Gasteiger partial charge in [-0.3, -0.25) is 0 Å². The second-order valence-electron chi connectivity index (χ2n) is 8.18. The van der Waals surface area contributed by atoms with Crippen LogP contribution in [-0.2, 0) is 0 Å². The van der Waals surface area contributed by atoms with E-state index in [2.05, 4.69) is 53.5 Å². The highest BCUT2D eigenvalue weighted by molar-refractivity contribution is 5.91.